The van der Waals surface area contributed by atoms with Gasteiger partial charge in [0.15, 0.2) is 12.6 Å². The van der Waals surface area contributed by atoms with Crippen LogP contribution in [0.3, 0.4) is 0 Å². The summed E-state index contributed by atoms with van der Waals surface area (Å²) in [5.41, 5.74) is 0. The fraction of sp³-hybridized carbons (Fsp3) is 0.933. The van der Waals surface area contributed by atoms with Crippen molar-refractivity contribution in [1.29, 1.82) is 0 Å². The lowest BCUT2D eigenvalue weighted by molar-refractivity contribution is -0.121. The second-order valence-corrected chi connectivity index (χ2v) is 10.1. The molecular weight excluding hydrogens is 410 g/mol. The van der Waals surface area contributed by atoms with E-state index < -0.39 is 28.5 Å². The lowest BCUT2D eigenvalue weighted by atomic mass is 10.3. The zero-order chi connectivity index (χ0) is 21.5. The maximum absolute atomic E-state index is 11.8. The number of nitrogens with zero attached hydrogens (tertiary/aromatic N) is 1. The normalized spacial score (nSPS) is 12.6. The third-order valence-corrected chi connectivity index (χ3v) is 5.20. The molecule has 0 atom stereocenters. The summed E-state index contributed by atoms with van der Waals surface area (Å²) in [6, 6.07) is 0. The maximum atomic E-state index is 11.8. The standard InChI is InChI=1S/C15H37N4O7P2/c1-2-7-16-8-4-9-17-10-5-11-18-15(20)6-3-12-19(13-27(21,22)23)14-28(24,25)26/h16-17,21-26H,2-14H2,1H3/q+1/p+1. The van der Waals surface area contributed by atoms with E-state index in [1.165, 1.54) is 0 Å². The van der Waals surface area contributed by atoms with E-state index in [9.17, 15) is 4.79 Å². The average molecular weight is 448 g/mol. The monoisotopic (exact) mass is 448 g/mol. The van der Waals surface area contributed by atoms with Gasteiger partial charge in [-0.1, -0.05) is 6.92 Å². The van der Waals surface area contributed by atoms with Gasteiger partial charge >= 0.3 is 15.9 Å². The molecule has 0 rings (SSSR count). The largest absolute Gasteiger partial charge is 0.419 e. The molecule has 0 spiro atoms. The van der Waals surface area contributed by atoms with Crippen LogP contribution in [0.1, 0.15) is 39.0 Å². The van der Waals surface area contributed by atoms with Crippen LogP contribution in [0.5, 0.6) is 0 Å². The maximum Gasteiger partial charge on any atom is 0.419 e. The molecule has 0 aromatic carbocycles. The highest BCUT2D eigenvalue weighted by Crippen LogP contribution is 2.49. The zero-order valence-electron chi connectivity index (χ0n) is 16.6. The number of carbonyl (C=O) groups excluding carboxylic acids is 1. The molecule has 0 fully saturated rings. The summed E-state index contributed by atoms with van der Waals surface area (Å²) in [5.74, 6) is -0.167. The quantitative estimate of drug-likeness (QED) is 0.0928. The Morgan fingerprint density at radius 3 is 1.79 bits per heavy atom. The highest BCUT2D eigenvalue weighted by molar-refractivity contribution is 7.59. The molecule has 0 radical (unpaired) electrons. The Morgan fingerprint density at radius 1 is 0.786 bits per heavy atom. The van der Waals surface area contributed by atoms with Gasteiger partial charge in [0.05, 0.1) is 0 Å². The van der Waals surface area contributed by atoms with E-state index >= 15 is 0 Å². The predicted octanol–water partition coefficient (Wildman–Crippen LogP) is -1.05. The highest BCUT2D eigenvalue weighted by Gasteiger charge is 2.40. The zero-order valence-corrected chi connectivity index (χ0v) is 18.4. The number of hydrogen-bond acceptors (Lipinski definition) is 10. The summed E-state index contributed by atoms with van der Waals surface area (Å²) in [6.45, 7) is 6.53. The first-order valence-corrected chi connectivity index (χ1v) is 13.2. The fourth-order valence-electron chi connectivity index (χ4n) is 2.48. The Kier molecular flexibility index (Phi) is 15.7. The molecule has 0 aliphatic carbocycles. The van der Waals surface area contributed by atoms with E-state index in [-0.39, 0.29) is 18.9 Å². The van der Waals surface area contributed by atoms with Crippen LogP contribution < -0.4 is 16.0 Å². The van der Waals surface area contributed by atoms with Crippen molar-refractivity contribution in [2.24, 2.45) is 0 Å². The number of hydrogen-bond donors (Lipinski definition) is 9. The smallest absolute Gasteiger partial charge is 0.356 e. The predicted molar refractivity (Wildman–Crippen MR) is 111 cm³/mol. The summed E-state index contributed by atoms with van der Waals surface area (Å²) in [4.78, 5) is 67.6. The van der Waals surface area contributed by atoms with Crippen LogP contribution >= 0.6 is 15.9 Å². The molecule has 0 unspecified atom stereocenters. The molecule has 28 heavy (non-hydrogen) atoms. The van der Waals surface area contributed by atoms with Crippen LogP contribution in [-0.2, 0) is 4.79 Å². The lowest BCUT2D eigenvalue weighted by Gasteiger charge is -2.20. The van der Waals surface area contributed by atoms with E-state index in [2.05, 4.69) is 22.9 Å². The Labute approximate surface area is 168 Å². The van der Waals surface area contributed by atoms with Crippen LogP contribution in [0.4, 0.5) is 0 Å². The second-order valence-electron chi connectivity index (χ2n) is 6.72. The summed E-state index contributed by atoms with van der Waals surface area (Å²) < 4.78 is 0. The summed E-state index contributed by atoms with van der Waals surface area (Å²) in [5, 5.41) is 9.41. The minimum Gasteiger partial charge on any atom is -0.356 e. The van der Waals surface area contributed by atoms with Gasteiger partial charge in [0.1, 0.15) is 0 Å². The van der Waals surface area contributed by atoms with E-state index in [1.807, 2.05) is 0 Å². The Hall–Kier alpha value is -0.0300. The van der Waals surface area contributed by atoms with E-state index in [4.69, 9.17) is 29.4 Å². The molecule has 0 aromatic heterocycles. The van der Waals surface area contributed by atoms with Crippen molar-refractivity contribution in [2.75, 3.05) is 51.8 Å². The van der Waals surface area contributed by atoms with Crippen molar-refractivity contribution in [3.05, 3.63) is 0 Å². The van der Waals surface area contributed by atoms with Crippen LogP contribution in [0.15, 0.2) is 0 Å². The minimum absolute atomic E-state index is 0.0912. The molecule has 9 N–H and O–H groups in total. The molecular formula is C15H38N4O7P2+2. The highest BCUT2D eigenvalue weighted by atomic mass is 31.2. The Balaban J connectivity index is 3.78. The van der Waals surface area contributed by atoms with Crippen molar-refractivity contribution in [3.63, 3.8) is 0 Å². The van der Waals surface area contributed by atoms with Crippen LogP contribution in [0, 0.1) is 0 Å². The van der Waals surface area contributed by atoms with Gasteiger partial charge in [0.25, 0.3) is 0 Å². The first-order chi connectivity index (χ1) is 13.0. The first-order valence-electron chi connectivity index (χ1n) is 9.56. The molecule has 0 aliphatic heterocycles. The molecule has 0 bridgehead atoms. The molecule has 13 heteroatoms. The van der Waals surface area contributed by atoms with Gasteiger partial charge < -0.3 is 16.0 Å². The fourth-order valence-corrected chi connectivity index (χ4v) is 4.19. The van der Waals surface area contributed by atoms with Gasteiger partial charge in [-0.2, -0.15) is 29.4 Å². The summed E-state index contributed by atoms with van der Waals surface area (Å²) >= 11 is 0. The first kappa shape index (κ1) is 28.0. The van der Waals surface area contributed by atoms with Gasteiger partial charge in [-0.05, 0) is 51.9 Å². The number of amides is 1. The number of nitrogens with one attached hydrogen (secondary N) is 3. The molecule has 1 amide bonds. The molecule has 0 heterocycles. The SMILES string of the molecule is CCCNCCCNCCCNC(=O)CCCN(C[P+](O)(O)O)C[P+](O)(O)O. The topological polar surface area (TPSA) is 178 Å². The van der Waals surface area contributed by atoms with Crippen molar-refractivity contribution < 1.29 is 34.2 Å². The van der Waals surface area contributed by atoms with E-state index in [1.54, 1.807) is 0 Å². The van der Waals surface area contributed by atoms with Gasteiger partial charge in [-0.25, -0.2) is 4.90 Å². The van der Waals surface area contributed by atoms with E-state index in [0.29, 0.717) is 13.0 Å². The van der Waals surface area contributed by atoms with Gasteiger partial charge in [0, 0.05) is 19.5 Å². The average Bonchev–Trinajstić information content (AvgIpc) is 2.53. The third-order valence-electron chi connectivity index (χ3n) is 3.64. The van der Waals surface area contributed by atoms with E-state index in [0.717, 1.165) is 50.3 Å². The molecule has 0 saturated heterocycles. The van der Waals surface area contributed by atoms with Crippen molar-refractivity contribution in [3.8, 4) is 0 Å². The van der Waals surface area contributed by atoms with Gasteiger partial charge in [-0.15, -0.1) is 0 Å². The van der Waals surface area contributed by atoms with Crippen molar-refractivity contribution in [2.45, 2.75) is 39.0 Å². The van der Waals surface area contributed by atoms with Crippen LogP contribution in [-0.4, -0.2) is 92.0 Å². The molecule has 168 valence electrons. The van der Waals surface area contributed by atoms with Crippen molar-refractivity contribution >= 4 is 21.8 Å². The number of carbonyl (C=O) groups is 1. The van der Waals surface area contributed by atoms with Crippen LogP contribution in [0.2, 0.25) is 0 Å². The number of rotatable bonds is 18. The van der Waals surface area contributed by atoms with Crippen LogP contribution in [0.25, 0.3) is 0 Å². The molecule has 0 saturated carbocycles. The second kappa shape index (κ2) is 15.8. The lowest BCUT2D eigenvalue weighted by Crippen LogP contribution is -2.32. The van der Waals surface area contributed by atoms with Crippen molar-refractivity contribution in [1.82, 2.24) is 20.9 Å². The van der Waals surface area contributed by atoms with Gasteiger partial charge in [0.2, 0.25) is 5.91 Å². The third kappa shape index (κ3) is 20.7. The summed E-state index contributed by atoms with van der Waals surface area (Å²) in [7, 11) is -8.32. The Morgan fingerprint density at radius 2 is 1.29 bits per heavy atom. The summed E-state index contributed by atoms with van der Waals surface area (Å²) in [6.07, 6.45) is 2.25. The Bertz CT molecular complexity index is 393. The molecule has 0 aromatic rings. The molecule has 0 aliphatic rings. The minimum atomic E-state index is -4.16. The van der Waals surface area contributed by atoms with Gasteiger partial charge in [-0.3, -0.25) is 4.79 Å². The molecule has 11 nitrogen and oxygen atoms in total.